The first-order valence-electron chi connectivity index (χ1n) is 10.6. The van der Waals surface area contributed by atoms with Crippen LogP contribution < -0.4 is 5.32 Å². The Morgan fingerprint density at radius 2 is 1.80 bits per heavy atom. The van der Waals surface area contributed by atoms with Crippen molar-refractivity contribution in [2.24, 2.45) is 0 Å². The Labute approximate surface area is 181 Å². The third kappa shape index (κ3) is 4.90. The molecule has 30 heavy (non-hydrogen) atoms. The maximum atomic E-state index is 12.6. The highest BCUT2D eigenvalue weighted by atomic mass is 32.2. The van der Waals surface area contributed by atoms with Gasteiger partial charge in [-0.05, 0) is 43.5 Å². The molecule has 1 aromatic carbocycles. The first-order chi connectivity index (χ1) is 14.7. The van der Waals surface area contributed by atoms with Gasteiger partial charge >= 0.3 is 0 Å². The molecule has 6 nitrogen and oxygen atoms in total. The highest BCUT2D eigenvalue weighted by Gasteiger charge is 2.20. The molecule has 1 amide bonds. The maximum absolute atomic E-state index is 12.6. The first kappa shape index (κ1) is 20.6. The molecule has 0 radical (unpaired) electrons. The number of nitrogens with zero attached hydrogens (tertiary/aromatic N) is 4. The van der Waals surface area contributed by atoms with Gasteiger partial charge in [0.15, 0.2) is 11.0 Å². The van der Waals surface area contributed by atoms with Crippen molar-refractivity contribution in [2.75, 3.05) is 5.75 Å². The molecule has 0 bridgehead atoms. The van der Waals surface area contributed by atoms with Crippen LogP contribution in [0.4, 0.5) is 0 Å². The number of hydrogen-bond acceptors (Lipinski definition) is 5. The van der Waals surface area contributed by atoms with E-state index in [9.17, 15) is 4.79 Å². The number of nitrogens with one attached hydrogen (secondary N) is 1. The Balaban J connectivity index is 1.55. The Kier molecular flexibility index (Phi) is 6.79. The average Bonchev–Trinajstić information content (AvgIpc) is 3.02. The summed E-state index contributed by atoms with van der Waals surface area (Å²) < 4.78 is 2.04. The summed E-state index contributed by atoms with van der Waals surface area (Å²) in [4.78, 5) is 16.7. The van der Waals surface area contributed by atoms with Crippen LogP contribution in [0.2, 0.25) is 0 Å². The van der Waals surface area contributed by atoms with Crippen molar-refractivity contribution in [1.82, 2.24) is 25.1 Å². The van der Waals surface area contributed by atoms with Crippen molar-refractivity contribution < 1.29 is 4.79 Å². The molecule has 156 valence electrons. The fourth-order valence-corrected chi connectivity index (χ4v) is 4.66. The van der Waals surface area contributed by atoms with Crippen molar-refractivity contribution in [3.8, 4) is 17.1 Å². The van der Waals surface area contributed by atoms with Gasteiger partial charge in [0.05, 0.1) is 11.4 Å². The molecule has 1 fully saturated rings. The summed E-state index contributed by atoms with van der Waals surface area (Å²) in [6.45, 7) is 2.07. The van der Waals surface area contributed by atoms with Gasteiger partial charge in [0, 0.05) is 24.0 Å². The van der Waals surface area contributed by atoms with Crippen molar-refractivity contribution in [2.45, 2.75) is 56.6 Å². The number of hydrogen-bond donors (Lipinski definition) is 1. The molecule has 7 heteroatoms. The molecule has 1 saturated carbocycles. The number of carbonyl (C=O) groups is 1. The lowest BCUT2D eigenvalue weighted by atomic mass is 10.1. The fraction of sp³-hybridized carbons (Fsp3) is 0.391. The molecule has 1 aliphatic carbocycles. The predicted octanol–water partition coefficient (Wildman–Crippen LogP) is 4.57. The summed E-state index contributed by atoms with van der Waals surface area (Å²) >= 11 is 1.43. The van der Waals surface area contributed by atoms with E-state index in [1.54, 1.807) is 12.4 Å². The summed E-state index contributed by atoms with van der Waals surface area (Å²) in [6, 6.07) is 12.3. The van der Waals surface area contributed by atoms with Gasteiger partial charge in [0.2, 0.25) is 5.91 Å². The number of benzene rings is 1. The van der Waals surface area contributed by atoms with E-state index in [4.69, 9.17) is 0 Å². The molecular weight excluding hydrogens is 394 g/mol. The molecule has 0 spiro atoms. The van der Waals surface area contributed by atoms with Gasteiger partial charge < -0.3 is 5.32 Å². The van der Waals surface area contributed by atoms with Crippen LogP contribution in [0.1, 0.15) is 44.1 Å². The van der Waals surface area contributed by atoms with Crippen molar-refractivity contribution in [3.05, 3.63) is 54.4 Å². The Morgan fingerprint density at radius 1 is 1.07 bits per heavy atom. The van der Waals surface area contributed by atoms with Crippen LogP contribution in [-0.4, -0.2) is 37.5 Å². The minimum atomic E-state index is 0.0664. The Hall–Kier alpha value is -2.67. The molecule has 1 aliphatic rings. The second-order valence-corrected chi connectivity index (χ2v) is 8.65. The van der Waals surface area contributed by atoms with E-state index in [-0.39, 0.29) is 5.91 Å². The van der Waals surface area contributed by atoms with Crippen LogP contribution in [-0.2, 0) is 4.79 Å². The molecule has 0 saturated heterocycles. The van der Waals surface area contributed by atoms with E-state index in [1.165, 1.54) is 37.4 Å². The second kappa shape index (κ2) is 9.89. The molecular formula is C23H27N5OS. The monoisotopic (exact) mass is 421 g/mol. The highest BCUT2D eigenvalue weighted by molar-refractivity contribution is 7.99. The van der Waals surface area contributed by atoms with Crippen LogP contribution >= 0.6 is 11.8 Å². The molecule has 2 heterocycles. The smallest absolute Gasteiger partial charge is 0.230 e. The van der Waals surface area contributed by atoms with Crippen LogP contribution in [0.5, 0.6) is 0 Å². The SMILES string of the molecule is Cc1ccccc1-n1c(SCC(=O)NC2CCCCCC2)nnc1-c1ccncc1. The zero-order valence-electron chi connectivity index (χ0n) is 17.3. The van der Waals surface area contributed by atoms with Crippen LogP contribution in [0, 0.1) is 6.92 Å². The van der Waals surface area contributed by atoms with E-state index in [2.05, 4.69) is 39.6 Å². The summed E-state index contributed by atoms with van der Waals surface area (Å²) in [6.07, 6.45) is 10.6. The van der Waals surface area contributed by atoms with E-state index >= 15 is 0 Å². The minimum absolute atomic E-state index is 0.0664. The van der Waals surface area contributed by atoms with Gasteiger partial charge in [-0.1, -0.05) is 55.6 Å². The number of para-hydroxylation sites is 1. The summed E-state index contributed by atoms with van der Waals surface area (Å²) in [5, 5.41) is 12.8. The molecule has 0 unspecified atom stereocenters. The van der Waals surface area contributed by atoms with Crippen LogP contribution in [0.25, 0.3) is 17.1 Å². The Morgan fingerprint density at radius 3 is 2.53 bits per heavy atom. The largest absolute Gasteiger partial charge is 0.353 e. The van der Waals surface area contributed by atoms with Gasteiger partial charge in [-0.2, -0.15) is 0 Å². The lowest BCUT2D eigenvalue weighted by Gasteiger charge is -2.16. The van der Waals surface area contributed by atoms with Crippen LogP contribution in [0.15, 0.2) is 53.9 Å². The average molecular weight is 422 g/mol. The lowest BCUT2D eigenvalue weighted by Crippen LogP contribution is -2.35. The molecule has 1 N–H and O–H groups in total. The number of aromatic nitrogens is 4. The van der Waals surface area contributed by atoms with Gasteiger partial charge in [-0.15, -0.1) is 10.2 Å². The number of aryl methyl sites for hydroxylation is 1. The van der Waals surface area contributed by atoms with Crippen LogP contribution in [0.3, 0.4) is 0 Å². The molecule has 3 aromatic rings. The van der Waals surface area contributed by atoms with E-state index < -0.39 is 0 Å². The molecule has 0 aliphatic heterocycles. The predicted molar refractivity (Wildman–Crippen MR) is 120 cm³/mol. The van der Waals surface area contributed by atoms with Gasteiger partial charge in [0.1, 0.15) is 0 Å². The molecule has 2 aromatic heterocycles. The number of pyridine rings is 1. The number of thioether (sulfide) groups is 1. The van der Waals surface area contributed by atoms with Crippen molar-refractivity contribution >= 4 is 17.7 Å². The topological polar surface area (TPSA) is 72.7 Å². The summed E-state index contributed by atoms with van der Waals surface area (Å²) in [7, 11) is 0. The number of carbonyl (C=O) groups excluding carboxylic acids is 1. The van der Waals surface area contributed by atoms with Gasteiger partial charge in [-0.3, -0.25) is 14.3 Å². The van der Waals surface area contributed by atoms with Gasteiger partial charge in [0.25, 0.3) is 0 Å². The number of amides is 1. The zero-order valence-corrected chi connectivity index (χ0v) is 18.1. The number of rotatable bonds is 6. The first-order valence-corrected chi connectivity index (χ1v) is 11.5. The molecule has 0 atom stereocenters. The van der Waals surface area contributed by atoms with Crippen molar-refractivity contribution in [1.29, 1.82) is 0 Å². The third-order valence-electron chi connectivity index (χ3n) is 5.48. The van der Waals surface area contributed by atoms with E-state index in [0.29, 0.717) is 17.0 Å². The summed E-state index contributed by atoms with van der Waals surface area (Å²) in [5.41, 5.74) is 3.08. The highest BCUT2D eigenvalue weighted by Crippen LogP contribution is 2.29. The second-order valence-electron chi connectivity index (χ2n) is 7.71. The standard InChI is InChI=1S/C23H27N5OS/c1-17-8-6-7-11-20(17)28-22(18-12-14-24-15-13-18)26-27-23(28)30-16-21(29)25-19-9-4-2-3-5-10-19/h6-8,11-15,19H,2-5,9-10,16H2,1H3,(H,25,29). The molecule has 4 rings (SSSR count). The summed E-state index contributed by atoms with van der Waals surface area (Å²) in [5.74, 6) is 1.15. The van der Waals surface area contributed by atoms with Gasteiger partial charge in [-0.25, -0.2) is 0 Å². The maximum Gasteiger partial charge on any atom is 0.230 e. The normalized spacial score (nSPS) is 15.0. The van der Waals surface area contributed by atoms with E-state index in [0.717, 1.165) is 35.5 Å². The Bertz CT molecular complexity index is 980. The third-order valence-corrected chi connectivity index (χ3v) is 6.41. The zero-order chi connectivity index (χ0) is 20.8. The quantitative estimate of drug-likeness (QED) is 0.466. The van der Waals surface area contributed by atoms with Crippen molar-refractivity contribution in [3.63, 3.8) is 0 Å². The van der Waals surface area contributed by atoms with E-state index in [1.807, 2.05) is 28.8 Å². The lowest BCUT2D eigenvalue weighted by molar-refractivity contribution is -0.119. The minimum Gasteiger partial charge on any atom is -0.353 e. The fourth-order valence-electron chi connectivity index (χ4n) is 3.91.